The SMILES string of the molecule is COc1ccc(-c2ccc3ccc(-c4c[nH]c5ccccc45)nc3n2)cc1. The van der Waals surface area contributed by atoms with E-state index in [-0.39, 0.29) is 0 Å². The number of methoxy groups -OCH3 is 1. The molecule has 0 spiro atoms. The second-order valence-corrected chi connectivity index (χ2v) is 6.42. The first-order valence-electron chi connectivity index (χ1n) is 8.80. The number of benzene rings is 2. The molecule has 0 atom stereocenters. The second-order valence-electron chi connectivity index (χ2n) is 6.42. The number of hydrogen-bond acceptors (Lipinski definition) is 3. The Kier molecular flexibility index (Phi) is 3.61. The lowest BCUT2D eigenvalue weighted by Crippen LogP contribution is -1.91. The average Bonchev–Trinajstić information content (AvgIpc) is 3.17. The van der Waals surface area contributed by atoms with E-state index in [1.165, 1.54) is 0 Å². The van der Waals surface area contributed by atoms with Gasteiger partial charge in [-0.15, -0.1) is 0 Å². The van der Waals surface area contributed by atoms with Crippen LogP contribution >= 0.6 is 0 Å². The molecule has 0 saturated carbocycles. The van der Waals surface area contributed by atoms with Crippen LogP contribution in [0.5, 0.6) is 5.75 Å². The Morgan fingerprint density at radius 1 is 0.778 bits per heavy atom. The Hall–Kier alpha value is -3.66. The first-order chi connectivity index (χ1) is 13.3. The number of nitrogens with one attached hydrogen (secondary N) is 1. The number of hydrogen-bond donors (Lipinski definition) is 1. The first-order valence-corrected chi connectivity index (χ1v) is 8.80. The van der Waals surface area contributed by atoms with Crippen molar-refractivity contribution >= 4 is 21.9 Å². The zero-order chi connectivity index (χ0) is 18.2. The molecule has 2 aromatic carbocycles. The summed E-state index contributed by atoms with van der Waals surface area (Å²) in [7, 11) is 1.67. The summed E-state index contributed by atoms with van der Waals surface area (Å²) in [6, 6.07) is 24.4. The molecule has 0 bridgehead atoms. The molecule has 5 rings (SSSR count). The number of H-pyrrole nitrogens is 1. The summed E-state index contributed by atoms with van der Waals surface area (Å²) in [5, 5.41) is 2.19. The molecule has 0 unspecified atom stereocenters. The van der Waals surface area contributed by atoms with Gasteiger partial charge in [-0.3, -0.25) is 0 Å². The Morgan fingerprint density at radius 3 is 2.33 bits per heavy atom. The highest BCUT2D eigenvalue weighted by Gasteiger charge is 2.09. The van der Waals surface area contributed by atoms with E-state index in [4.69, 9.17) is 14.7 Å². The first kappa shape index (κ1) is 15.6. The van der Waals surface area contributed by atoms with E-state index in [2.05, 4.69) is 29.2 Å². The van der Waals surface area contributed by atoms with Crippen molar-refractivity contribution in [3.8, 4) is 28.3 Å². The minimum atomic E-state index is 0.742. The van der Waals surface area contributed by atoms with Crippen molar-refractivity contribution < 1.29 is 4.74 Å². The zero-order valence-electron chi connectivity index (χ0n) is 14.8. The third kappa shape index (κ3) is 2.72. The van der Waals surface area contributed by atoms with Crippen LogP contribution in [0.4, 0.5) is 0 Å². The molecule has 0 saturated heterocycles. The largest absolute Gasteiger partial charge is 0.497 e. The lowest BCUT2D eigenvalue weighted by atomic mass is 10.1. The highest BCUT2D eigenvalue weighted by Crippen LogP contribution is 2.29. The van der Waals surface area contributed by atoms with Crippen molar-refractivity contribution in [2.45, 2.75) is 0 Å². The number of aromatic nitrogens is 3. The van der Waals surface area contributed by atoms with Crippen LogP contribution in [-0.2, 0) is 0 Å². The van der Waals surface area contributed by atoms with Crippen LogP contribution in [0, 0.1) is 0 Å². The molecule has 1 N–H and O–H groups in total. The minimum absolute atomic E-state index is 0.742. The standard InChI is InChI=1S/C23H17N3O/c1-27-17-10-6-15(7-11-17)20-12-8-16-9-13-22(26-23(16)25-20)19-14-24-21-5-3-2-4-18(19)21/h2-14,24H,1H3. The molecular weight excluding hydrogens is 334 g/mol. The van der Waals surface area contributed by atoms with Gasteiger partial charge >= 0.3 is 0 Å². The molecule has 3 heterocycles. The Bertz CT molecular complexity index is 1260. The molecule has 3 aromatic heterocycles. The number of rotatable bonds is 3. The molecule has 4 nitrogen and oxygen atoms in total. The topological polar surface area (TPSA) is 50.8 Å². The Morgan fingerprint density at radius 2 is 1.52 bits per heavy atom. The van der Waals surface area contributed by atoms with E-state index in [1.54, 1.807) is 7.11 Å². The van der Waals surface area contributed by atoms with Crippen molar-refractivity contribution in [2.75, 3.05) is 7.11 Å². The van der Waals surface area contributed by atoms with Gasteiger partial charge in [0.1, 0.15) is 5.75 Å². The van der Waals surface area contributed by atoms with Gasteiger partial charge in [0.05, 0.1) is 18.5 Å². The van der Waals surface area contributed by atoms with Crippen molar-refractivity contribution in [2.24, 2.45) is 0 Å². The third-order valence-electron chi connectivity index (χ3n) is 4.80. The van der Waals surface area contributed by atoms with Crippen molar-refractivity contribution in [3.05, 3.63) is 79.0 Å². The fourth-order valence-electron chi connectivity index (χ4n) is 3.35. The fourth-order valence-corrected chi connectivity index (χ4v) is 3.35. The quantitative estimate of drug-likeness (QED) is 0.470. The maximum absolute atomic E-state index is 5.23. The smallest absolute Gasteiger partial charge is 0.160 e. The highest BCUT2D eigenvalue weighted by atomic mass is 16.5. The van der Waals surface area contributed by atoms with Gasteiger partial charge < -0.3 is 9.72 Å². The predicted molar refractivity (Wildman–Crippen MR) is 109 cm³/mol. The maximum atomic E-state index is 5.23. The van der Waals surface area contributed by atoms with Gasteiger partial charge in [0.25, 0.3) is 0 Å². The summed E-state index contributed by atoms with van der Waals surface area (Å²) >= 11 is 0. The van der Waals surface area contributed by atoms with Crippen LogP contribution < -0.4 is 4.74 Å². The molecular formula is C23H17N3O. The fraction of sp³-hybridized carbons (Fsp3) is 0.0435. The molecule has 0 radical (unpaired) electrons. The predicted octanol–water partition coefficient (Wildman–Crippen LogP) is 5.45. The van der Waals surface area contributed by atoms with Gasteiger partial charge in [-0.25, -0.2) is 9.97 Å². The summed E-state index contributed by atoms with van der Waals surface area (Å²) in [4.78, 5) is 12.9. The van der Waals surface area contributed by atoms with E-state index in [0.717, 1.165) is 50.2 Å². The van der Waals surface area contributed by atoms with E-state index in [1.807, 2.05) is 54.7 Å². The maximum Gasteiger partial charge on any atom is 0.160 e. The van der Waals surface area contributed by atoms with Crippen LogP contribution in [0.3, 0.4) is 0 Å². The molecule has 0 amide bonds. The van der Waals surface area contributed by atoms with Gasteiger partial charge in [0.15, 0.2) is 5.65 Å². The normalized spacial score (nSPS) is 11.1. The van der Waals surface area contributed by atoms with E-state index in [0.29, 0.717) is 0 Å². The molecule has 130 valence electrons. The van der Waals surface area contributed by atoms with Crippen molar-refractivity contribution in [1.82, 2.24) is 15.0 Å². The summed E-state index contributed by atoms with van der Waals surface area (Å²) in [6.07, 6.45) is 2.01. The third-order valence-corrected chi connectivity index (χ3v) is 4.80. The molecule has 0 aliphatic rings. The van der Waals surface area contributed by atoms with Crippen molar-refractivity contribution in [3.63, 3.8) is 0 Å². The summed E-state index contributed by atoms with van der Waals surface area (Å²) < 4.78 is 5.23. The summed E-state index contributed by atoms with van der Waals surface area (Å²) in [6.45, 7) is 0. The van der Waals surface area contributed by atoms with Gasteiger partial charge in [-0.2, -0.15) is 0 Å². The van der Waals surface area contributed by atoms with E-state index >= 15 is 0 Å². The molecule has 0 aliphatic carbocycles. The van der Waals surface area contributed by atoms with E-state index in [9.17, 15) is 0 Å². The summed E-state index contributed by atoms with van der Waals surface area (Å²) in [5.41, 5.74) is 5.79. The second kappa shape index (κ2) is 6.25. The van der Waals surface area contributed by atoms with Crippen LogP contribution in [0.1, 0.15) is 0 Å². The number of pyridine rings is 2. The van der Waals surface area contributed by atoms with Crippen LogP contribution in [0.15, 0.2) is 79.0 Å². The average molecular weight is 351 g/mol. The van der Waals surface area contributed by atoms with Gasteiger partial charge in [0, 0.05) is 33.6 Å². The number of para-hydroxylation sites is 1. The monoisotopic (exact) mass is 351 g/mol. The van der Waals surface area contributed by atoms with Gasteiger partial charge in [0.2, 0.25) is 0 Å². The lowest BCUT2D eigenvalue weighted by molar-refractivity contribution is 0.415. The van der Waals surface area contributed by atoms with Crippen molar-refractivity contribution in [1.29, 1.82) is 0 Å². The zero-order valence-corrected chi connectivity index (χ0v) is 14.8. The number of ether oxygens (including phenoxy) is 1. The molecule has 5 aromatic rings. The number of fused-ring (bicyclic) bond motifs is 2. The van der Waals surface area contributed by atoms with Crippen LogP contribution in [0.25, 0.3) is 44.5 Å². The molecule has 0 aliphatic heterocycles. The minimum Gasteiger partial charge on any atom is -0.497 e. The van der Waals surface area contributed by atoms with Crippen LogP contribution in [-0.4, -0.2) is 22.1 Å². The van der Waals surface area contributed by atoms with E-state index < -0.39 is 0 Å². The lowest BCUT2D eigenvalue weighted by Gasteiger charge is -2.06. The molecule has 0 fully saturated rings. The van der Waals surface area contributed by atoms with Crippen LogP contribution in [0.2, 0.25) is 0 Å². The number of nitrogens with zero attached hydrogens (tertiary/aromatic N) is 2. The van der Waals surface area contributed by atoms with Gasteiger partial charge in [-0.05, 0) is 54.6 Å². The number of aromatic amines is 1. The highest BCUT2D eigenvalue weighted by molar-refractivity contribution is 5.95. The van der Waals surface area contributed by atoms with Gasteiger partial charge in [-0.1, -0.05) is 18.2 Å². The molecule has 27 heavy (non-hydrogen) atoms. The Balaban J connectivity index is 1.61. The summed E-state index contributed by atoms with van der Waals surface area (Å²) in [5.74, 6) is 0.833. The Labute approximate surface area is 156 Å². The molecule has 4 heteroatoms.